The van der Waals surface area contributed by atoms with Crippen LogP contribution in [0.25, 0.3) is 6.08 Å². The van der Waals surface area contributed by atoms with Gasteiger partial charge in [-0.25, -0.2) is 0 Å². The van der Waals surface area contributed by atoms with Crippen LogP contribution in [0.5, 0.6) is 0 Å². The van der Waals surface area contributed by atoms with Crippen LogP contribution in [-0.4, -0.2) is 24.3 Å². The SMILES string of the molecule is C[N+]1([O-])CCCCC1CCCC=Cc1ccccc1.I. The average molecular weight is 387 g/mol. The molecule has 1 saturated heterocycles. The predicted molar refractivity (Wildman–Crippen MR) is 96.8 cm³/mol. The second kappa shape index (κ2) is 8.80. The molecule has 112 valence electrons. The quantitative estimate of drug-likeness (QED) is 0.302. The van der Waals surface area contributed by atoms with Gasteiger partial charge >= 0.3 is 0 Å². The molecule has 0 bridgehead atoms. The topological polar surface area (TPSA) is 23.1 Å². The molecule has 0 spiro atoms. The maximum Gasteiger partial charge on any atom is 0.0885 e. The maximum atomic E-state index is 12.3. The van der Waals surface area contributed by atoms with E-state index in [1.54, 1.807) is 0 Å². The third-order valence-corrected chi connectivity index (χ3v) is 4.18. The van der Waals surface area contributed by atoms with E-state index < -0.39 is 0 Å². The Morgan fingerprint density at radius 3 is 2.70 bits per heavy atom. The summed E-state index contributed by atoms with van der Waals surface area (Å²) in [6.07, 6.45) is 11.1. The molecule has 0 radical (unpaired) electrons. The van der Waals surface area contributed by atoms with E-state index in [0.717, 1.165) is 38.6 Å². The molecule has 1 aromatic carbocycles. The summed E-state index contributed by atoms with van der Waals surface area (Å²) in [5.41, 5.74) is 1.25. The van der Waals surface area contributed by atoms with E-state index >= 15 is 0 Å². The van der Waals surface area contributed by atoms with E-state index in [1.807, 2.05) is 13.1 Å². The van der Waals surface area contributed by atoms with Gasteiger partial charge in [-0.1, -0.05) is 42.5 Å². The van der Waals surface area contributed by atoms with Crippen LogP contribution < -0.4 is 0 Å². The summed E-state index contributed by atoms with van der Waals surface area (Å²) < 4.78 is -0.0115. The Hall–Kier alpha value is -0.390. The minimum absolute atomic E-state index is 0. The van der Waals surface area contributed by atoms with Crippen molar-refractivity contribution in [1.82, 2.24) is 0 Å². The Balaban J connectivity index is 0.00000200. The van der Waals surface area contributed by atoms with Crippen LogP contribution in [0.2, 0.25) is 0 Å². The lowest BCUT2D eigenvalue weighted by Gasteiger charge is -2.48. The van der Waals surface area contributed by atoms with E-state index in [2.05, 4.69) is 36.4 Å². The molecule has 1 aliphatic rings. The number of likely N-dealkylation sites (tertiary alicyclic amines) is 1. The van der Waals surface area contributed by atoms with Gasteiger partial charge in [0.15, 0.2) is 0 Å². The largest absolute Gasteiger partial charge is 0.633 e. The third-order valence-electron chi connectivity index (χ3n) is 4.18. The molecule has 0 N–H and O–H groups in total. The zero-order chi connectivity index (χ0) is 13.6. The highest BCUT2D eigenvalue weighted by molar-refractivity contribution is 14.0. The second-order valence-corrected chi connectivity index (χ2v) is 5.79. The molecule has 20 heavy (non-hydrogen) atoms. The van der Waals surface area contributed by atoms with E-state index in [1.165, 1.54) is 12.0 Å². The van der Waals surface area contributed by atoms with Crippen molar-refractivity contribution in [2.45, 2.75) is 44.6 Å². The zero-order valence-corrected chi connectivity index (χ0v) is 14.7. The first kappa shape index (κ1) is 17.7. The van der Waals surface area contributed by atoms with Gasteiger partial charge in [0.2, 0.25) is 0 Å². The second-order valence-electron chi connectivity index (χ2n) is 5.79. The molecule has 0 aromatic heterocycles. The molecular weight excluding hydrogens is 361 g/mol. The molecule has 1 heterocycles. The molecule has 2 atom stereocenters. The highest BCUT2D eigenvalue weighted by Crippen LogP contribution is 2.26. The van der Waals surface area contributed by atoms with Crippen molar-refractivity contribution in [2.24, 2.45) is 0 Å². The van der Waals surface area contributed by atoms with E-state index in [9.17, 15) is 5.21 Å². The van der Waals surface area contributed by atoms with Crippen molar-refractivity contribution in [3.05, 3.63) is 47.2 Å². The molecule has 2 rings (SSSR count). The normalized spacial score (nSPS) is 26.4. The summed E-state index contributed by atoms with van der Waals surface area (Å²) in [5, 5.41) is 12.3. The van der Waals surface area contributed by atoms with E-state index in [-0.39, 0.29) is 28.6 Å². The van der Waals surface area contributed by atoms with Crippen molar-refractivity contribution in [2.75, 3.05) is 13.6 Å². The highest BCUT2D eigenvalue weighted by atomic mass is 127. The first-order valence-corrected chi connectivity index (χ1v) is 7.46. The van der Waals surface area contributed by atoms with Crippen LogP contribution in [0.1, 0.15) is 44.1 Å². The lowest BCUT2D eigenvalue weighted by Crippen LogP contribution is -2.50. The van der Waals surface area contributed by atoms with Crippen LogP contribution in [0.15, 0.2) is 36.4 Å². The minimum Gasteiger partial charge on any atom is -0.633 e. The van der Waals surface area contributed by atoms with Crippen molar-refractivity contribution in [3.8, 4) is 0 Å². The number of rotatable bonds is 5. The van der Waals surface area contributed by atoms with Gasteiger partial charge in [-0.15, -0.1) is 24.0 Å². The first-order valence-electron chi connectivity index (χ1n) is 7.46. The number of quaternary nitrogens is 1. The maximum absolute atomic E-state index is 12.3. The molecule has 0 saturated carbocycles. The number of hydrogen-bond donors (Lipinski definition) is 0. The number of hydrogen-bond acceptors (Lipinski definition) is 1. The van der Waals surface area contributed by atoms with Gasteiger partial charge in [-0.3, -0.25) is 0 Å². The van der Waals surface area contributed by atoms with Gasteiger partial charge in [0.25, 0.3) is 0 Å². The smallest absolute Gasteiger partial charge is 0.0885 e. The number of benzene rings is 1. The zero-order valence-electron chi connectivity index (χ0n) is 12.3. The summed E-state index contributed by atoms with van der Waals surface area (Å²) in [6.45, 7) is 0.810. The third kappa shape index (κ3) is 5.54. The fourth-order valence-electron chi connectivity index (χ4n) is 2.93. The van der Waals surface area contributed by atoms with Gasteiger partial charge in [0, 0.05) is 0 Å². The van der Waals surface area contributed by atoms with Crippen molar-refractivity contribution in [3.63, 3.8) is 0 Å². The van der Waals surface area contributed by atoms with Crippen LogP contribution in [0.4, 0.5) is 0 Å². The van der Waals surface area contributed by atoms with Gasteiger partial charge < -0.3 is 9.85 Å². The van der Waals surface area contributed by atoms with Gasteiger partial charge in [0.1, 0.15) is 0 Å². The molecule has 0 amide bonds. The fourth-order valence-corrected chi connectivity index (χ4v) is 2.93. The lowest BCUT2D eigenvalue weighted by atomic mass is 9.97. The molecular formula is C17H26INO. The summed E-state index contributed by atoms with van der Waals surface area (Å²) in [5.74, 6) is 0. The van der Waals surface area contributed by atoms with Gasteiger partial charge in [0.05, 0.1) is 19.6 Å². The number of unbranched alkanes of at least 4 members (excludes halogenated alkanes) is 1. The van der Waals surface area contributed by atoms with Gasteiger partial charge in [-0.2, -0.15) is 0 Å². The fraction of sp³-hybridized carbons (Fsp3) is 0.529. The van der Waals surface area contributed by atoms with Crippen molar-refractivity contribution >= 4 is 30.1 Å². The Bertz CT molecular complexity index is 403. The van der Waals surface area contributed by atoms with Crippen LogP contribution in [-0.2, 0) is 0 Å². The predicted octanol–water partition coefficient (Wildman–Crippen LogP) is 4.99. The van der Waals surface area contributed by atoms with Crippen molar-refractivity contribution in [1.29, 1.82) is 0 Å². The number of hydroxylamine groups is 3. The Kier molecular flexibility index (Phi) is 7.77. The molecule has 1 aromatic rings. The average Bonchev–Trinajstić information content (AvgIpc) is 2.41. The van der Waals surface area contributed by atoms with Crippen LogP contribution in [0, 0.1) is 5.21 Å². The number of halogens is 1. The van der Waals surface area contributed by atoms with Crippen LogP contribution >= 0.6 is 24.0 Å². The monoisotopic (exact) mass is 387 g/mol. The molecule has 1 aliphatic heterocycles. The standard InChI is InChI=1S/C17H25NO.HI/c1-18(19)15-9-8-14-17(18)13-7-3-6-12-16-10-4-2-5-11-16;/h2,4-6,10-12,17H,3,7-9,13-15H2,1H3;1H. The minimum atomic E-state index is -0.0115. The van der Waals surface area contributed by atoms with Gasteiger partial charge in [-0.05, 0) is 44.1 Å². The van der Waals surface area contributed by atoms with Crippen molar-refractivity contribution < 1.29 is 4.65 Å². The van der Waals surface area contributed by atoms with E-state index in [4.69, 9.17) is 0 Å². The molecule has 0 aliphatic carbocycles. The number of allylic oxidation sites excluding steroid dienone is 1. The Labute approximate surface area is 140 Å². The Morgan fingerprint density at radius 2 is 2.00 bits per heavy atom. The summed E-state index contributed by atoms with van der Waals surface area (Å²) in [4.78, 5) is 0. The summed E-state index contributed by atoms with van der Waals surface area (Å²) >= 11 is 0. The first-order chi connectivity index (χ1) is 9.18. The number of nitrogens with zero attached hydrogens (tertiary/aromatic N) is 1. The molecule has 2 nitrogen and oxygen atoms in total. The lowest BCUT2D eigenvalue weighted by molar-refractivity contribution is -0.892. The molecule has 3 heteroatoms. The number of piperidine rings is 1. The summed E-state index contributed by atoms with van der Waals surface area (Å²) in [6, 6.07) is 10.7. The Morgan fingerprint density at radius 1 is 1.25 bits per heavy atom. The molecule has 2 unspecified atom stereocenters. The van der Waals surface area contributed by atoms with E-state index in [0.29, 0.717) is 6.04 Å². The molecule has 1 fully saturated rings. The van der Waals surface area contributed by atoms with Crippen LogP contribution in [0.3, 0.4) is 0 Å². The summed E-state index contributed by atoms with van der Waals surface area (Å²) in [7, 11) is 1.85. The highest BCUT2D eigenvalue weighted by Gasteiger charge is 2.27.